The smallest absolute Gasteiger partial charge is 0.366 e. The lowest BCUT2D eigenvalue weighted by Gasteiger charge is -2.09. The lowest BCUT2D eigenvalue weighted by atomic mass is 10.3. The minimum Gasteiger partial charge on any atom is -0.406 e. The van der Waals surface area contributed by atoms with Crippen LogP contribution in [-0.4, -0.2) is 15.4 Å². The molecule has 0 saturated carbocycles. The maximum atomic E-state index is 12.6. The van der Waals surface area contributed by atoms with Crippen molar-refractivity contribution >= 4 is 11.0 Å². The van der Waals surface area contributed by atoms with Crippen molar-refractivity contribution in [1.29, 1.82) is 0 Å². The number of benzene rings is 2. The van der Waals surface area contributed by atoms with Crippen molar-refractivity contribution in [2.24, 2.45) is 0 Å². The van der Waals surface area contributed by atoms with Gasteiger partial charge in [-0.1, -0.05) is 30.3 Å². The first kappa shape index (κ1) is 12.5. The van der Waals surface area contributed by atoms with Gasteiger partial charge in [-0.05, 0) is 38.1 Å². The highest BCUT2D eigenvalue weighted by molar-refractivity contribution is 5.77. The Morgan fingerprint density at radius 3 is 2.15 bits per heavy atom. The molecule has 0 radical (unpaired) electrons. The van der Waals surface area contributed by atoms with E-state index in [9.17, 15) is 4.79 Å². The van der Waals surface area contributed by atoms with Crippen LogP contribution in [0.3, 0.4) is 0 Å². The summed E-state index contributed by atoms with van der Waals surface area (Å²) in [5.41, 5.74) is 2.25. The van der Waals surface area contributed by atoms with E-state index in [1.54, 1.807) is 4.57 Å². The van der Waals surface area contributed by atoms with E-state index >= 15 is 0 Å². The third-order valence-corrected chi connectivity index (χ3v) is 3.04. The van der Waals surface area contributed by atoms with Gasteiger partial charge in [0.2, 0.25) is 0 Å². The molecule has 0 aliphatic heterocycles. The standard InChI is InChI=1S/C16H16N2O2/c1-12(2)20-18-15-11-7-6-10-14(15)17(16(18)19)13-8-4-3-5-9-13/h3-12H,1-2H3. The van der Waals surface area contributed by atoms with E-state index < -0.39 is 0 Å². The van der Waals surface area contributed by atoms with E-state index in [-0.39, 0.29) is 11.8 Å². The minimum absolute atomic E-state index is 0.0669. The van der Waals surface area contributed by atoms with Crippen LogP contribution in [0.15, 0.2) is 59.4 Å². The molecule has 0 aliphatic carbocycles. The van der Waals surface area contributed by atoms with Crippen molar-refractivity contribution in [2.45, 2.75) is 20.0 Å². The van der Waals surface area contributed by atoms with Gasteiger partial charge in [0.1, 0.15) is 11.6 Å². The fraction of sp³-hybridized carbons (Fsp3) is 0.188. The number of fused-ring (bicyclic) bond motifs is 1. The second kappa shape index (κ2) is 4.89. The van der Waals surface area contributed by atoms with Crippen LogP contribution in [0.25, 0.3) is 16.7 Å². The van der Waals surface area contributed by atoms with Crippen LogP contribution in [0.4, 0.5) is 0 Å². The zero-order valence-electron chi connectivity index (χ0n) is 11.5. The van der Waals surface area contributed by atoms with Crippen LogP contribution in [0.2, 0.25) is 0 Å². The third kappa shape index (κ3) is 1.99. The predicted octanol–water partition coefficient (Wildman–Crippen LogP) is 2.63. The van der Waals surface area contributed by atoms with Gasteiger partial charge in [-0.3, -0.25) is 4.57 Å². The molecule has 0 N–H and O–H groups in total. The molecule has 4 heteroatoms. The van der Waals surface area contributed by atoms with Crippen LogP contribution >= 0.6 is 0 Å². The van der Waals surface area contributed by atoms with E-state index in [1.165, 1.54) is 4.73 Å². The van der Waals surface area contributed by atoms with Gasteiger partial charge < -0.3 is 4.84 Å². The Morgan fingerprint density at radius 2 is 1.50 bits per heavy atom. The van der Waals surface area contributed by atoms with Crippen molar-refractivity contribution in [3.8, 4) is 5.69 Å². The van der Waals surface area contributed by atoms with Crippen LogP contribution in [0.1, 0.15) is 13.8 Å². The summed E-state index contributed by atoms with van der Waals surface area (Å²) in [4.78, 5) is 18.3. The number of aromatic nitrogens is 2. The maximum Gasteiger partial charge on any atom is 0.366 e. The molecule has 0 fully saturated rings. The Bertz CT molecular complexity index is 785. The molecule has 0 bridgehead atoms. The monoisotopic (exact) mass is 268 g/mol. The third-order valence-electron chi connectivity index (χ3n) is 3.04. The highest BCUT2D eigenvalue weighted by atomic mass is 16.7. The number of rotatable bonds is 3. The van der Waals surface area contributed by atoms with Gasteiger partial charge in [0.25, 0.3) is 0 Å². The summed E-state index contributed by atoms with van der Waals surface area (Å²) in [5, 5.41) is 0. The van der Waals surface area contributed by atoms with Gasteiger partial charge in [0, 0.05) is 0 Å². The molecule has 3 rings (SSSR count). The highest BCUT2D eigenvalue weighted by Gasteiger charge is 2.15. The fourth-order valence-electron chi connectivity index (χ4n) is 2.26. The van der Waals surface area contributed by atoms with Crippen LogP contribution in [0.5, 0.6) is 0 Å². The average molecular weight is 268 g/mol. The normalized spacial score (nSPS) is 11.2. The molecule has 0 amide bonds. The van der Waals surface area contributed by atoms with Gasteiger partial charge in [0.15, 0.2) is 0 Å². The molecule has 1 heterocycles. The van der Waals surface area contributed by atoms with Gasteiger partial charge in [0.05, 0.1) is 11.2 Å². The molecule has 0 unspecified atom stereocenters. The summed E-state index contributed by atoms with van der Waals surface area (Å²) in [6.45, 7) is 3.81. The van der Waals surface area contributed by atoms with Crippen LogP contribution in [0, 0.1) is 0 Å². The molecule has 0 atom stereocenters. The Kier molecular flexibility index (Phi) is 3.06. The zero-order chi connectivity index (χ0) is 14.1. The van der Waals surface area contributed by atoms with Gasteiger partial charge in [-0.15, -0.1) is 4.73 Å². The largest absolute Gasteiger partial charge is 0.406 e. The molecule has 4 nitrogen and oxygen atoms in total. The van der Waals surface area contributed by atoms with Gasteiger partial charge in [-0.2, -0.15) is 0 Å². The molecule has 0 saturated heterocycles. The molecule has 0 aliphatic rings. The average Bonchev–Trinajstić information content (AvgIpc) is 2.72. The second-order valence-electron chi connectivity index (χ2n) is 4.89. The Hall–Kier alpha value is -2.49. The lowest BCUT2D eigenvalue weighted by molar-refractivity contribution is 0.0606. The van der Waals surface area contributed by atoms with Gasteiger partial charge in [-0.25, -0.2) is 4.79 Å². The second-order valence-corrected chi connectivity index (χ2v) is 4.89. The summed E-state index contributed by atoms with van der Waals surface area (Å²) < 4.78 is 3.03. The number of para-hydroxylation sites is 3. The fourth-order valence-corrected chi connectivity index (χ4v) is 2.26. The van der Waals surface area contributed by atoms with Gasteiger partial charge >= 0.3 is 5.69 Å². The molecular formula is C16H16N2O2. The first-order valence-electron chi connectivity index (χ1n) is 6.63. The number of hydrogen-bond acceptors (Lipinski definition) is 2. The summed E-state index contributed by atoms with van der Waals surface area (Å²) in [5.74, 6) is 0. The summed E-state index contributed by atoms with van der Waals surface area (Å²) in [6, 6.07) is 17.2. The van der Waals surface area contributed by atoms with E-state index in [0.717, 1.165) is 16.7 Å². The van der Waals surface area contributed by atoms with E-state index in [4.69, 9.17) is 4.84 Å². The molecule has 2 aromatic carbocycles. The summed E-state index contributed by atoms with van der Waals surface area (Å²) >= 11 is 0. The number of nitrogens with zero attached hydrogens (tertiary/aromatic N) is 2. The van der Waals surface area contributed by atoms with Crippen molar-refractivity contribution in [2.75, 3.05) is 0 Å². The number of imidazole rings is 1. The molecule has 20 heavy (non-hydrogen) atoms. The lowest BCUT2D eigenvalue weighted by Crippen LogP contribution is -2.31. The van der Waals surface area contributed by atoms with Crippen molar-refractivity contribution in [1.82, 2.24) is 9.30 Å². The van der Waals surface area contributed by atoms with E-state index in [0.29, 0.717) is 0 Å². The quantitative estimate of drug-likeness (QED) is 0.732. The Labute approximate surface area is 116 Å². The molecule has 1 aromatic heterocycles. The maximum absolute atomic E-state index is 12.6. The van der Waals surface area contributed by atoms with Crippen molar-refractivity contribution in [3.05, 3.63) is 65.1 Å². The summed E-state index contributed by atoms with van der Waals surface area (Å²) in [6.07, 6.45) is -0.0669. The first-order chi connectivity index (χ1) is 9.68. The molecule has 0 spiro atoms. The molecular weight excluding hydrogens is 252 g/mol. The van der Waals surface area contributed by atoms with Crippen molar-refractivity contribution in [3.63, 3.8) is 0 Å². The molecule has 3 aromatic rings. The summed E-state index contributed by atoms with van der Waals surface area (Å²) in [7, 11) is 0. The Balaban J connectivity index is 2.33. The zero-order valence-corrected chi connectivity index (χ0v) is 11.5. The topological polar surface area (TPSA) is 36.2 Å². The highest BCUT2D eigenvalue weighted by Crippen LogP contribution is 2.16. The van der Waals surface area contributed by atoms with E-state index in [2.05, 4.69) is 0 Å². The SMILES string of the molecule is CC(C)On1c(=O)n(-c2ccccc2)c2ccccc21. The van der Waals surface area contributed by atoms with Crippen LogP contribution in [-0.2, 0) is 0 Å². The van der Waals surface area contributed by atoms with E-state index in [1.807, 2.05) is 68.4 Å². The Morgan fingerprint density at radius 1 is 0.900 bits per heavy atom. The van der Waals surface area contributed by atoms with Crippen molar-refractivity contribution < 1.29 is 4.84 Å². The minimum atomic E-state index is -0.189. The molecule has 102 valence electrons. The predicted molar refractivity (Wildman–Crippen MR) is 79.3 cm³/mol. The number of hydrogen-bond donors (Lipinski definition) is 0. The van der Waals surface area contributed by atoms with Crippen LogP contribution < -0.4 is 10.5 Å². The first-order valence-corrected chi connectivity index (χ1v) is 6.63.